The highest BCUT2D eigenvalue weighted by atomic mass is 15.3. The summed E-state index contributed by atoms with van der Waals surface area (Å²) in [6, 6.07) is 0. The normalized spacial score (nSPS) is 25.4. The minimum Gasteiger partial charge on any atom is -0.294 e. The van der Waals surface area contributed by atoms with Crippen LogP contribution in [-0.2, 0) is 10.8 Å². The zero-order valence-electron chi connectivity index (χ0n) is 16.3. The van der Waals surface area contributed by atoms with Crippen LogP contribution in [0.15, 0.2) is 0 Å². The molecule has 0 radical (unpaired) electrons. The maximum Gasteiger partial charge on any atom is 0.125 e. The first-order valence-electron chi connectivity index (χ1n) is 8.29. The van der Waals surface area contributed by atoms with Crippen molar-refractivity contribution < 1.29 is 0 Å². The molecule has 0 amide bonds. The van der Waals surface area contributed by atoms with Crippen molar-refractivity contribution in [2.45, 2.75) is 91.1 Å². The van der Waals surface area contributed by atoms with Crippen molar-refractivity contribution in [2.24, 2.45) is 0 Å². The van der Waals surface area contributed by atoms with Gasteiger partial charge in [-0.2, -0.15) is 0 Å². The Kier molecular flexibility index (Phi) is 3.58. The second-order valence-corrected chi connectivity index (χ2v) is 9.01. The lowest BCUT2D eigenvalue weighted by molar-refractivity contribution is -0.0250. The van der Waals surface area contributed by atoms with E-state index in [4.69, 9.17) is 9.97 Å². The Balaban J connectivity index is 3.00. The van der Waals surface area contributed by atoms with Gasteiger partial charge in [0.05, 0.1) is 5.69 Å². The molecule has 0 saturated heterocycles. The first-order valence-corrected chi connectivity index (χ1v) is 8.29. The third-order valence-electron chi connectivity index (χ3n) is 7.15. The fraction of sp³-hybridized carbons (Fsp3) is 0.789. The topological polar surface area (TPSA) is 29.0 Å². The molecule has 124 valence electrons. The van der Waals surface area contributed by atoms with Crippen LogP contribution < -0.4 is 0 Å². The van der Waals surface area contributed by atoms with E-state index >= 15 is 0 Å². The van der Waals surface area contributed by atoms with Crippen LogP contribution in [0.1, 0.15) is 78.2 Å². The Bertz CT molecular complexity index is 609. The van der Waals surface area contributed by atoms with Gasteiger partial charge in [-0.15, -0.1) is 0 Å². The molecular formula is C19H33N3. The van der Waals surface area contributed by atoms with E-state index in [0.29, 0.717) is 0 Å². The van der Waals surface area contributed by atoms with E-state index in [1.807, 2.05) is 6.92 Å². The highest BCUT2D eigenvalue weighted by molar-refractivity contribution is 5.43. The molecule has 0 atom stereocenters. The Morgan fingerprint density at radius 1 is 0.727 bits per heavy atom. The molecule has 1 aliphatic rings. The Morgan fingerprint density at radius 3 is 1.68 bits per heavy atom. The molecule has 0 unspecified atom stereocenters. The zero-order valence-corrected chi connectivity index (χ0v) is 16.3. The van der Waals surface area contributed by atoms with E-state index in [-0.39, 0.29) is 21.9 Å². The second-order valence-electron chi connectivity index (χ2n) is 9.01. The summed E-state index contributed by atoms with van der Waals surface area (Å²) in [6.07, 6.45) is 0. The first kappa shape index (κ1) is 17.4. The molecule has 0 bridgehead atoms. The summed E-state index contributed by atoms with van der Waals surface area (Å²) in [5, 5.41) is 0. The summed E-state index contributed by atoms with van der Waals surface area (Å²) in [5.74, 6) is 0.873. The Hall–Kier alpha value is -0.960. The van der Waals surface area contributed by atoms with Crippen molar-refractivity contribution in [3.63, 3.8) is 0 Å². The van der Waals surface area contributed by atoms with Crippen molar-refractivity contribution in [3.05, 3.63) is 22.8 Å². The van der Waals surface area contributed by atoms with Crippen LogP contribution in [0.25, 0.3) is 0 Å². The standard InChI is InChI=1S/C19H33N3/c1-12-14-15(21-13(2)20-12)17(5,6)19(9,10)22(11)18(7,8)16(14,3)4/h1-11H3. The Labute approximate surface area is 136 Å². The maximum atomic E-state index is 4.94. The smallest absolute Gasteiger partial charge is 0.125 e. The van der Waals surface area contributed by atoms with Crippen LogP contribution in [0.2, 0.25) is 0 Å². The maximum absolute atomic E-state index is 4.94. The lowest BCUT2D eigenvalue weighted by atomic mass is 9.67. The van der Waals surface area contributed by atoms with Crippen LogP contribution in [0, 0.1) is 13.8 Å². The lowest BCUT2D eigenvalue weighted by Gasteiger charge is -2.55. The fourth-order valence-corrected chi connectivity index (χ4v) is 4.05. The molecule has 1 aromatic rings. The molecule has 2 rings (SSSR count). The van der Waals surface area contributed by atoms with Crippen LogP contribution in [0.3, 0.4) is 0 Å². The molecule has 0 fully saturated rings. The number of hydrogen-bond donors (Lipinski definition) is 0. The van der Waals surface area contributed by atoms with E-state index in [0.717, 1.165) is 11.5 Å². The van der Waals surface area contributed by atoms with Gasteiger partial charge in [0.1, 0.15) is 5.82 Å². The summed E-state index contributed by atoms with van der Waals surface area (Å²) < 4.78 is 0. The lowest BCUT2D eigenvalue weighted by Crippen LogP contribution is -2.63. The highest BCUT2D eigenvalue weighted by Crippen LogP contribution is 2.53. The fourth-order valence-electron chi connectivity index (χ4n) is 4.05. The highest BCUT2D eigenvalue weighted by Gasteiger charge is 2.57. The van der Waals surface area contributed by atoms with Gasteiger partial charge in [-0.3, -0.25) is 4.90 Å². The van der Waals surface area contributed by atoms with Gasteiger partial charge in [-0.05, 0) is 48.6 Å². The first-order chi connectivity index (χ1) is 9.69. The second kappa shape index (κ2) is 4.53. The minimum absolute atomic E-state index is 0.0115. The van der Waals surface area contributed by atoms with Crippen LogP contribution in [0.5, 0.6) is 0 Å². The minimum atomic E-state index is -0.0689. The van der Waals surface area contributed by atoms with Gasteiger partial charge in [-0.1, -0.05) is 27.7 Å². The van der Waals surface area contributed by atoms with Gasteiger partial charge < -0.3 is 0 Å². The summed E-state index contributed by atoms with van der Waals surface area (Å²) >= 11 is 0. The molecule has 1 aliphatic heterocycles. The number of rotatable bonds is 0. The molecule has 2 heterocycles. The summed E-state index contributed by atoms with van der Waals surface area (Å²) in [5.41, 5.74) is 3.52. The molecule has 0 aliphatic carbocycles. The molecule has 3 nitrogen and oxygen atoms in total. The SMILES string of the molecule is Cc1nc(C)c2c(n1)C(C)(C)C(C)(C)N(C)C(C)(C)C2(C)C. The number of nitrogens with zero attached hydrogens (tertiary/aromatic N) is 3. The van der Waals surface area contributed by atoms with Crippen LogP contribution in [-0.4, -0.2) is 33.0 Å². The average Bonchev–Trinajstić information content (AvgIpc) is 2.36. The van der Waals surface area contributed by atoms with Gasteiger partial charge in [0, 0.05) is 33.2 Å². The van der Waals surface area contributed by atoms with Crippen molar-refractivity contribution in [3.8, 4) is 0 Å². The predicted octanol–water partition coefficient (Wildman–Crippen LogP) is 4.15. The molecule has 0 spiro atoms. The largest absolute Gasteiger partial charge is 0.294 e. The van der Waals surface area contributed by atoms with Crippen molar-refractivity contribution >= 4 is 0 Å². The third kappa shape index (κ3) is 1.90. The molecule has 0 N–H and O–H groups in total. The number of likely N-dealkylation sites (N-methyl/N-ethyl adjacent to an activating group) is 1. The number of aryl methyl sites for hydroxylation is 2. The quantitative estimate of drug-likeness (QED) is 0.721. The van der Waals surface area contributed by atoms with Crippen molar-refractivity contribution in [1.82, 2.24) is 14.9 Å². The van der Waals surface area contributed by atoms with E-state index in [1.165, 1.54) is 11.3 Å². The van der Waals surface area contributed by atoms with Crippen LogP contribution >= 0.6 is 0 Å². The number of aromatic nitrogens is 2. The van der Waals surface area contributed by atoms with Gasteiger partial charge in [-0.25, -0.2) is 9.97 Å². The summed E-state index contributed by atoms with van der Waals surface area (Å²) in [4.78, 5) is 12.2. The summed E-state index contributed by atoms with van der Waals surface area (Å²) in [6.45, 7) is 22.8. The molecule has 3 heteroatoms. The van der Waals surface area contributed by atoms with E-state index in [9.17, 15) is 0 Å². The monoisotopic (exact) mass is 303 g/mol. The van der Waals surface area contributed by atoms with Gasteiger partial charge in [0.15, 0.2) is 0 Å². The van der Waals surface area contributed by atoms with Gasteiger partial charge in [0.25, 0.3) is 0 Å². The summed E-state index contributed by atoms with van der Waals surface area (Å²) in [7, 11) is 2.25. The number of fused-ring (bicyclic) bond motifs is 1. The Morgan fingerprint density at radius 2 is 1.18 bits per heavy atom. The van der Waals surface area contributed by atoms with E-state index in [2.05, 4.69) is 74.3 Å². The van der Waals surface area contributed by atoms with Gasteiger partial charge >= 0.3 is 0 Å². The molecular weight excluding hydrogens is 270 g/mol. The zero-order chi connectivity index (χ0) is 17.3. The number of hydrogen-bond acceptors (Lipinski definition) is 3. The molecule has 1 aromatic heterocycles. The average molecular weight is 303 g/mol. The van der Waals surface area contributed by atoms with E-state index < -0.39 is 0 Å². The van der Waals surface area contributed by atoms with E-state index in [1.54, 1.807) is 0 Å². The van der Waals surface area contributed by atoms with Crippen molar-refractivity contribution in [1.29, 1.82) is 0 Å². The predicted molar refractivity (Wildman–Crippen MR) is 93.5 cm³/mol. The molecule has 0 saturated carbocycles. The van der Waals surface area contributed by atoms with Gasteiger partial charge in [0.2, 0.25) is 0 Å². The van der Waals surface area contributed by atoms with Crippen molar-refractivity contribution in [2.75, 3.05) is 7.05 Å². The molecule has 22 heavy (non-hydrogen) atoms. The molecule has 0 aromatic carbocycles. The third-order valence-corrected chi connectivity index (χ3v) is 7.15. The van der Waals surface area contributed by atoms with Crippen LogP contribution in [0.4, 0.5) is 0 Å².